The first-order chi connectivity index (χ1) is 13.0. The Morgan fingerprint density at radius 3 is 2.44 bits per heavy atom. The number of nitrogens with zero attached hydrogens (tertiary/aromatic N) is 3. The Morgan fingerprint density at radius 2 is 1.85 bits per heavy atom. The summed E-state index contributed by atoms with van der Waals surface area (Å²) in [5, 5.41) is 10.8. The third kappa shape index (κ3) is 4.60. The number of nitro benzene ring substituents is 1. The second kappa shape index (κ2) is 8.31. The van der Waals surface area contributed by atoms with E-state index in [1.165, 1.54) is 29.2 Å². The normalized spacial score (nSPS) is 13.5. The number of likely N-dealkylation sites (tertiary alicyclic amines) is 1. The van der Waals surface area contributed by atoms with Crippen LogP contribution in [0.1, 0.15) is 12.8 Å². The molecule has 0 aliphatic carbocycles. The van der Waals surface area contributed by atoms with Gasteiger partial charge in [0.25, 0.3) is 11.6 Å². The van der Waals surface area contributed by atoms with Crippen LogP contribution >= 0.6 is 0 Å². The van der Waals surface area contributed by atoms with E-state index in [0.29, 0.717) is 24.4 Å². The van der Waals surface area contributed by atoms with Crippen molar-refractivity contribution in [3.8, 4) is 5.75 Å². The average Bonchev–Trinajstić information content (AvgIpc) is 3.09. The lowest BCUT2D eigenvalue weighted by Crippen LogP contribution is -2.44. The number of carbonyl (C=O) groups excluding carboxylic acids is 2. The highest BCUT2D eigenvalue weighted by Gasteiger charge is 2.26. The predicted octanol–water partition coefficient (Wildman–Crippen LogP) is 2.59. The number of hydrogen-bond donors (Lipinski definition) is 0. The number of benzene rings is 2. The number of para-hydroxylation sites is 1. The van der Waals surface area contributed by atoms with Gasteiger partial charge in [-0.15, -0.1) is 0 Å². The van der Waals surface area contributed by atoms with E-state index < -0.39 is 4.92 Å². The van der Waals surface area contributed by atoms with Crippen LogP contribution in [0.5, 0.6) is 5.75 Å². The molecule has 0 bridgehead atoms. The molecule has 0 aromatic heterocycles. The largest absolute Gasteiger partial charge is 0.484 e. The van der Waals surface area contributed by atoms with Crippen LogP contribution in [0.3, 0.4) is 0 Å². The zero-order chi connectivity index (χ0) is 19.2. The molecule has 8 heteroatoms. The van der Waals surface area contributed by atoms with Crippen LogP contribution in [-0.2, 0) is 9.59 Å². The van der Waals surface area contributed by atoms with Gasteiger partial charge >= 0.3 is 0 Å². The van der Waals surface area contributed by atoms with Crippen LogP contribution in [0.4, 0.5) is 11.4 Å². The Balaban J connectivity index is 1.76. The minimum atomic E-state index is -0.502. The molecule has 0 atom stereocenters. The molecular weight excluding hydrogens is 350 g/mol. The van der Waals surface area contributed by atoms with Gasteiger partial charge in [-0.3, -0.25) is 24.6 Å². The molecule has 2 aromatic rings. The molecule has 27 heavy (non-hydrogen) atoms. The van der Waals surface area contributed by atoms with E-state index >= 15 is 0 Å². The molecule has 3 rings (SSSR count). The molecule has 1 fully saturated rings. The number of ether oxygens (including phenoxy) is 1. The van der Waals surface area contributed by atoms with Crippen molar-refractivity contribution in [3.05, 3.63) is 64.7 Å². The van der Waals surface area contributed by atoms with Gasteiger partial charge in [0.05, 0.1) is 4.92 Å². The fourth-order valence-corrected chi connectivity index (χ4v) is 2.82. The van der Waals surface area contributed by atoms with Crippen molar-refractivity contribution in [1.82, 2.24) is 4.90 Å². The number of rotatable bonds is 7. The number of hydrogen-bond acceptors (Lipinski definition) is 5. The molecule has 2 amide bonds. The molecule has 0 N–H and O–H groups in total. The number of nitro groups is 1. The van der Waals surface area contributed by atoms with E-state index in [9.17, 15) is 19.7 Å². The van der Waals surface area contributed by atoms with Crippen molar-refractivity contribution in [2.24, 2.45) is 0 Å². The quantitative estimate of drug-likeness (QED) is 0.552. The zero-order valence-corrected chi connectivity index (χ0v) is 14.6. The summed E-state index contributed by atoms with van der Waals surface area (Å²) in [6.45, 7) is 0.464. The zero-order valence-electron chi connectivity index (χ0n) is 14.6. The summed E-state index contributed by atoms with van der Waals surface area (Å²) in [4.78, 5) is 38.1. The van der Waals surface area contributed by atoms with E-state index in [0.717, 1.165) is 6.42 Å². The van der Waals surface area contributed by atoms with Gasteiger partial charge in [-0.2, -0.15) is 0 Å². The molecular formula is C19H19N3O5. The predicted molar refractivity (Wildman–Crippen MR) is 98.3 cm³/mol. The molecule has 1 aliphatic heterocycles. The first-order valence-electron chi connectivity index (χ1n) is 8.55. The van der Waals surface area contributed by atoms with Crippen LogP contribution in [0.15, 0.2) is 54.6 Å². The highest BCUT2D eigenvalue weighted by Crippen LogP contribution is 2.22. The summed E-state index contributed by atoms with van der Waals surface area (Å²) in [5.74, 6) is 0.206. The second-order valence-corrected chi connectivity index (χ2v) is 6.10. The number of anilines is 1. The van der Waals surface area contributed by atoms with Crippen LogP contribution in [0, 0.1) is 10.1 Å². The first-order valence-corrected chi connectivity index (χ1v) is 8.55. The van der Waals surface area contributed by atoms with E-state index in [1.807, 2.05) is 6.07 Å². The fraction of sp³-hybridized carbons (Fsp3) is 0.263. The summed E-state index contributed by atoms with van der Waals surface area (Å²) >= 11 is 0. The maximum Gasteiger partial charge on any atom is 0.269 e. The third-order valence-corrected chi connectivity index (χ3v) is 4.26. The van der Waals surface area contributed by atoms with Gasteiger partial charge in [0, 0.05) is 30.8 Å². The average molecular weight is 369 g/mol. The Kier molecular flexibility index (Phi) is 5.65. The Labute approximate surface area is 156 Å². The summed E-state index contributed by atoms with van der Waals surface area (Å²) in [7, 11) is 0. The molecule has 0 saturated carbocycles. The van der Waals surface area contributed by atoms with Crippen molar-refractivity contribution in [1.29, 1.82) is 0 Å². The minimum absolute atomic E-state index is 0.0151. The molecule has 0 spiro atoms. The second-order valence-electron chi connectivity index (χ2n) is 6.10. The van der Waals surface area contributed by atoms with Gasteiger partial charge in [0.15, 0.2) is 6.61 Å². The summed E-state index contributed by atoms with van der Waals surface area (Å²) in [5.41, 5.74) is 0.408. The van der Waals surface area contributed by atoms with Crippen molar-refractivity contribution >= 4 is 23.2 Å². The van der Waals surface area contributed by atoms with Gasteiger partial charge in [0.2, 0.25) is 5.91 Å². The lowest BCUT2D eigenvalue weighted by Gasteiger charge is -2.28. The molecule has 1 saturated heterocycles. The minimum Gasteiger partial charge on any atom is -0.484 e. The van der Waals surface area contributed by atoms with Crippen molar-refractivity contribution in [2.45, 2.75) is 12.8 Å². The van der Waals surface area contributed by atoms with Crippen molar-refractivity contribution in [2.75, 3.05) is 24.7 Å². The number of carbonyl (C=O) groups is 2. The number of non-ortho nitro benzene ring substituents is 1. The van der Waals surface area contributed by atoms with Crippen LogP contribution in [-0.4, -0.2) is 41.5 Å². The Hall–Kier alpha value is -3.42. The highest BCUT2D eigenvalue weighted by molar-refractivity contribution is 5.95. The Bertz CT molecular complexity index is 823. The lowest BCUT2D eigenvalue weighted by molar-refractivity contribution is -0.384. The topological polar surface area (TPSA) is 93.0 Å². The van der Waals surface area contributed by atoms with Gasteiger partial charge in [-0.25, -0.2) is 0 Å². The SMILES string of the molecule is O=C1CCCN1CN(C(=O)COc1ccccc1)c1ccc([N+](=O)[O-])cc1. The molecule has 2 aromatic carbocycles. The first kappa shape index (κ1) is 18.4. The molecule has 1 aliphatic rings. The monoisotopic (exact) mass is 369 g/mol. The van der Waals surface area contributed by atoms with Crippen molar-refractivity contribution in [3.63, 3.8) is 0 Å². The smallest absolute Gasteiger partial charge is 0.269 e. The molecule has 1 heterocycles. The van der Waals surface area contributed by atoms with Crippen LogP contribution in [0.2, 0.25) is 0 Å². The summed E-state index contributed by atoms with van der Waals surface area (Å²) in [6.07, 6.45) is 1.21. The van der Waals surface area contributed by atoms with Crippen molar-refractivity contribution < 1.29 is 19.2 Å². The van der Waals surface area contributed by atoms with Gasteiger partial charge in [-0.1, -0.05) is 18.2 Å². The standard InChI is InChI=1S/C19H19N3O5/c23-18-7-4-12-20(18)14-21(15-8-10-16(11-9-15)22(25)26)19(24)13-27-17-5-2-1-3-6-17/h1-3,5-6,8-11H,4,7,12-14H2. The maximum absolute atomic E-state index is 12.8. The molecule has 0 radical (unpaired) electrons. The van der Waals surface area contributed by atoms with Crippen LogP contribution in [0.25, 0.3) is 0 Å². The van der Waals surface area contributed by atoms with E-state index in [4.69, 9.17) is 4.74 Å². The van der Waals surface area contributed by atoms with E-state index in [-0.39, 0.29) is 30.8 Å². The Morgan fingerprint density at radius 1 is 1.15 bits per heavy atom. The summed E-state index contributed by atoms with van der Waals surface area (Å²) in [6, 6.07) is 14.6. The third-order valence-electron chi connectivity index (χ3n) is 4.26. The van der Waals surface area contributed by atoms with Gasteiger partial charge in [0.1, 0.15) is 12.4 Å². The molecule has 140 valence electrons. The fourth-order valence-electron chi connectivity index (χ4n) is 2.82. The molecule has 8 nitrogen and oxygen atoms in total. The number of amides is 2. The lowest BCUT2D eigenvalue weighted by atomic mass is 10.2. The maximum atomic E-state index is 12.8. The van der Waals surface area contributed by atoms with Crippen LogP contribution < -0.4 is 9.64 Å². The molecule has 0 unspecified atom stereocenters. The summed E-state index contributed by atoms with van der Waals surface area (Å²) < 4.78 is 5.52. The van der Waals surface area contributed by atoms with E-state index in [1.54, 1.807) is 29.2 Å². The highest BCUT2D eigenvalue weighted by atomic mass is 16.6. The van der Waals surface area contributed by atoms with Gasteiger partial charge < -0.3 is 9.64 Å². The van der Waals surface area contributed by atoms with Gasteiger partial charge in [-0.05, 0) is 30.7 Å². The van der Waals surface area contributed by atoms with E-state index in [2.05, 4.69) is 0 Å².